The smallest absolute Gasteiger partial charge is 0.0705 e. The third kappa shape index (κ3) is 2.58. The highest BCUT2D eigenvalue weighted by atomic mass is 16.3. The van der Waals surface area contributed by atoms with Gasteiger partial charge in [0.25, 0.3) is 0 Å². The van der Waals surface area contributed by atoms with E-state index in [0.29, 0.717) is 0 Å². The fourth-order valence-corrected chi connectivity index (χ4v) is 1.81. The molecule has 16 heavy (non-hydrogen) atoms. The zero-order valence-corrected chi connectivity index (χ0v) is 9.77. The van der Waals surface area contributed by atoms with Crippen molar-refractivity contribution < 1.29 is 5.11 Å². The summed E-state index contributed by atoms with van der Waals surface area (Å²) in [6, 6.07) is 10.4. The van der Waals surface area contributed by atoms with Crippen molar-refractivity contribution in [3.05, 3.63) is 41.6 Å². The van der Waals surface area contributed by atoms with E-state index in [1.807, 2.05) is 19.9 Å². The molecule has 84 valence electrons. The van der Waals surface area contributed by atoms with Gasteiger partial charge in [-0.1, -0.05) is 12.1 Å². The summed E-state index contributed by atoms with van der Waals surface area (Å²) in [5.41, 5.74) is 3.35. The number of aromatic nitrogens is 1. The van der Waals surface area contributed by atoms with Gasteiger partial charge in [0.05, 0.1) is 11.6 Å². The highest BCUT2D eigenvalue weighted by Crippen LogP contribution is 2.16. The molecule has 0 aliphatic heterocycles. The van der Waals surface area contributed by atoms with Gasteiger partial charge in [-0.05, 0) is 50.5 Å². The van der Waals surface area contributed by atoms with E-state index >= 15 is 0 Å². The number of aryl methyl sites for hydroxylation is 2. The first-order valence-electron chi connectivity index (χ1n) is 5.69. The molecule has 1 atom stereocenters. The Morgan fingerprint density at radius 3 is 2.81 bits per heavy atom. The number of nitrogens with zero attached hydrogens (tertiary/aromatic N) is 1. The second-order valence-corrected chi connectivity index (χ2v) is 4.37. The summed E-state index contributed by atoms with van der Waals surface area (Å²) in [7, 11) is 0. The molecule has 0 bridgehead atoms. The van der Waals surface area contributed by atoms with Crippen molar-refractivity contribution in [2.75, 3.05) is 0 Å². The quantitative estimate of drug-likeness (QED) is 0.854. The van der Waals surface area contributed by atoms with Gasteiger partial charge in [-0.25, -0.2) is 0 Å². The van der Waals surface area contributed by atoms with Gasteiger partial charge in [0.15, 0.2) is 0 Å². The van der Waals surface area contributed by atoms with E-state index in [4.69, 9.17) is 0 Å². The minimum Gasteiger partial charge on any atom is -0.393 e. The predicted octanol–water partition coefficient (Wildman–Crippen LogP) is 2.86. The van der Waals surface area contributed by atoms with E-state index < -0.39 is 0 Å². The summed E-state index contributed by atoms with van der Waals surface area (Å²) in [5, 5.41) is 10.4. The molecular weight excluding hydrogens is 198 g/mol. The molecular formula is C14H17NO. The molecule has 2 heteroatoms. The maximum Gasteiger partial charge on any atom is 0.0705 e. The first-order valence-corrected chi connectivity index (χ1v) is 5.69. The third-order valence-corrected chi connectivity index (χ3v) is 2.74. The number of benzene rings is 1. The summed E-state index contributed by atoms with van der Waals surface area (Å²) in [6.45, 7) is 3.83. The van der Waals surface area contributed by atoms with Gasteiger partial charge < -0.3 is 5.11 Å². The highest BCUT2D eigenvalue weighted by Gasteiger charge is 2.00. The minimum absolute atomic E-state index is 0.230. The zero-order chi connectivity index (χ0) is 11.5. The van der Waals surface area contributed by atoms with E-state index in [9.17, 15) is 5.11 Å². The van der Waals surface area contributed by atoms with Crippen LogP contribution >= 0.6 is 0 Å². The van der Waals surface area contributed by atoms with Crippen LogP contribution in [0.4, 0.5) is 0 Å². The lowest BCUT2D eigenvalue weighted by atomic mass is 10.0. The maximum absolute atomic E-state index is 9.25. The van der Waals surface area contributed by atoms with Gasteiger partial charge in [-0.2, -0.15) is 0 Å². The molecule has 0 aliphatic rings. The van der Waals surface area contributed by atoms with Crippen LogP contribution in [0.15, 0.2) is 30.3 Å². The average Bonchev–Trinajstić information content (AvgIpc) is 2.26. The van der Waals surface area contributed by atoms with Crippen LogP contribution in [0.1, 0.15) is 24.6 Å². The minimum atomic E-state index is -0.230. The summed E-state index contributed by atoms with van der Waals surface area (Å²) >= 11 is 0. The number of hydrogen-bond donors (Lipinski definition) is 1. The summed E-state index contributed by atoms with van der Waals surface area (Å²) in [6.07, 6.45) is 1.50. The molecule has 1 aromatic carbocycles. The Balaban J connectivity index is 2.26. The normalized spacial score (nSPS) is 12.9. The van der Waals surface area contributed by atoms with Crippen LogP contribution in [0, 0.1) is 6.92 Å². The lowest BCUT2D eigenvalue weighted by Crippen LogP contribution is -2.01. The van der Waals surface area contributed by atoms with Crippen LogP contribution in [0.25, 0.3) is 10.9 Å². The second-order valence-electron chi connectivity index (χ2n) is 4.37. The Kier molecular flexibility index (Phi) is 3.20. The van der Waals surface area contributed by atoms with Crippen molar-refractivity contribution in [2.45, 2.75) is 32.8 Å². The van der Waals surface area contributed by atoms with Gasteiger partial charge in [0, 0.05) is 11.1 Å². The lowest BCUT2D eigenvalue weighted by Gasteiger charge is -2.05. The molecule has 0 spiro atoms. The molecule has 0 aliphatic carbocycles. The molecule has 0 saturated heterocycles. The second kappa shape index (κ2) is 4.62. The van der Waals surface area contributed by atoms with Gasteiger partial charge in [-0.3, -0.25) is 4.98 Å². The Morgan fingerprint density at radius 1 is 1.25 bits per heavy atom. The molecule has 0 fully saturated rings. The molecule has 2 nitrogen and oxygen atoms in total. The zero-order valence-electron chi connectivity index (χ0n) is 9.77. The number of rotatable bonds is 3. The average molecular weight is 215 g/mol. The van der Waals surface area contributed by atoms with E-state index in [2.05, 4.69) is 29.2 Å². The molecule has 1 heterocycles. The lowest BCUT2D eigenvalue weighted by molar-refractivity contribution is 0.185. The van der Waals surface area contributed by atoms with E-state index in [1.165, 1.54) is 10.9 Å². The van der Waals surface area contributed by atoms with E-state index in [1.54, 1.807) is 0 Å². The van der Waals surface area contributed by atoms with Crippen LogP contribution in [-0.4, -0.2) is 16.2 Å². The fraction of sp³-hybridized carbons (Fsp3) is 0.357. The van der Waals surface area contributed by atoms with Gasteiger partial charge >= 0.3 is 0 Å². The Bertz CT molecular complexity index is 491. The van der Waals surface area contributed by atoms with Crippen LogP contribution < -0.4 is 0 Å². The van der Waals surface area contributed by atoms with Crippen LogP contribution in [-0.2, 0) is 6.42 Å². The number of fused-ring (bicyclic) bond motifs is 1. The number of pyridine rings is 1. The van der Waals surface area contributed by atoms with E-state index in [0.717, 1.165) is 24.1 Å². The molecule has 0 saturated carbocycles. The van der Waals surface area contributed by atoms with Crippen LogP contribution in [0.3, 0.4) is 0 Å². The summed E-state index contributed by atoms with van der Waals surface area (Å²) in [5.74, 6) is 0. The van der Waals surface area contributed by atoms with Gasteiger partial charge in [0.2, 0.25) is 0 Å². The van der Waals surface area contributed by atoms with Crippen molar-refractivity contribution in [2.24, 2.45) is 0 Å². The van der Waals surface area contributed by atoms with Crippen molar-refractivity contribution >= 4 is 10.9 Å². The molecule has 0 amide bonds. The molecule has 0 radical (unpaired) electrons. The van der Waals surface area contributed by atoms with E-state index in [-0.39, 0.29) is 6.10 Å². The SMILES string of the molecule is Cc1ccc2cc(CC[C@H](C)O)ccc2n1. The van der Waals surface area contributed by atoms with Crippen molar-refractivity contribution in [3.63, 3.8) is 0 Å². The predicted molar refractivity (Wildman–Crippen MR) is 66.5 cm³/mol. The Labute approximate surface area is 96.0 Å². The number of aliphatic hydroxyl groups excluding tert-OH is 1. The van der Waals surface area contributed by atoms with Crippen LogP contribution in [0.2, 0.25) is 0 Å². The number of aliphatic hydroxyl groups is 1. The molecule has 2 aromatic rings. The standard InChI is InChI=1S/C14H17NO/c1-10-3-7-13-9-12(5-4-11(2)16)6-8-14(13)15-10/h3,6-9,11,16H,4-5H2,1-2H3/t11-/m0/s1. The first kappa shape index (κ1) is 11.1. The third-order valence-electron chi connectivity index (χ3n) is 2.74. The van der Waals surface area contributed by atoms with Gasteiger partial charge in [-0.15, -0.1) is 0 Å². The van der Waals surface area contributed by atoms with Crippen LogP contribution in [0.5, 0.6) is 0 Å². The molecule has 2 rings (SSSR count). The van der Waals surface area contributed by atoms with Crippen molar-refractivity contribution in [1.29, 1.82) is 0 Å². The van der Waals surface area contributed by atoms with Gasteiger partial charge in [0.1, 0.15) is 0 Å². The Hall–Kier alpha value is -1.41. The maximum atomic E-state index is 9.25. The number of hydrogen-bond acceptors (Lipinski definition) is 2. The molecule has 0 unspecified atom stereocenters. The highest BCUT2D eigenvalue weighted by molar-refractivity contribution is 5.79. The Morgan fingerprint density at radius 2 is 2.06 bits per heavy atom. The van der Waals surface area contributed by atoms with Crippen molar-refractivity contribution in [3.8, 4) is 0 Å². The topological polar surface area (TPSA) is 33.1 Å². The fourth-order valence-electron chi connectivity index (χ4n) is 1.81. The first-order chi connectivity index (χ1) is 7.65. The summed E-state index contributed by atoms with van der Waals surface area (Å²) < 4.78 is 0. The van der Waals surface area contributed by atoms with Crippen molar-refractivity contribution in [1.82, 2.24) is 4.98 Å². The summed E-state index contributed by atoms with van der Waals surface area (Å²) in [4.78, 5) is 4.46. The molecule has 1 N–H and O–H groups in total. The monoisotopic (exact) mass is 215 g/mol. The largest absolute Gasteiger partial charge is 0.393 e. The molecule has 1 aromatic heterocycles.